The number of hydrogen-bond acceptors (Lipinski definition) is 7. The van der Waals surface area contributed by atoms with Gasteiger partial charge in [-0.2, -0.15) is 0 Å². The van der Waals surface area contributed by atoms with Crippen LogP contribution in [-0.4, -0.2) is 43.9 Å². The SMILES string of the molecule is CCCCCCCCCCCCCCOC(=O)c1ccccc1C(=O)OCCCS(=O)(=O)[O-].[K+]. The number of hydrogen-bond donors (Lipinski definition) is 0. The predicted molar refractivity (Wildman–Crippen MR) is 127 cm³/mol. The number of rotatable bonds is 19. The zero-order chi connectivity index (χ0) is 24.4. The molecule has 0 atom stereocenters. The summed E-state index contributed by atoms with van der Waals surface area (Å²) in [6.07, 6.45) is 14.5. The van der Waals surface area contributed by atoms with Gasteiger partial charge >= 0.3 is 63.3 Å². The summed E-state index contributed by atoms with van der Waals surface area (Å²) in [5.41, 5.74) is 0.167. The van der Waals surface area contributed by atoms with E-state index in [1.807, 2.05) is 0 Å². The summed E-state index contributed by atoms with van der Waals surface area (Å²) in [7, 11) is -4.35. The largest absolute Gasteiger partial charge is 1.00 e. The molecule has 1 aromatic carbocycles. The van der Waals surface area contributed by atoms with Crippen molar-refractivity contribution >= 4 is 22.1 Å². The minimum atomic E-state index is -4.35. The number of carbonyl (C=O) groups excluding carboxylic acids is 2. The van der Waals surface area contributed by atoms with Crippen molar-refractivity contribution in [2.75, 3.05) is 19.0 Å². The van der Waals surface area contributed by atoms with Crippen LogP contribution in [-0.2, 0) is 19.6 Å². The Morgan fingerprint density at radius 2 is 1.09 bits per heavy atom. The molecule has 0 saturated carbocycles. The Hall–Kier alpha value is -0.294. The van der Waals surface area contributed by atoms with Crippen LogP contribution in [0.15, 0.2) is 24.3 Å². The van der Waals surface area contributed by atoms with E-state index in [0.29, 0.717) is 6.61 Å². The summed E-state index contributed by atoms with van der Waals surface area (Å²) in [6, 6.07) is 6.16. The van der Waals surface area contributed by atoms with Crippen molar-refractivity contribution in [2.24, 2.45) is 0 Å². The van der Waals surface area contributed by atoms with Crippen LogP contribution < -0.4 is 51.4 Å². The van der Waals surface area contributed by atoms with E-state index in [1.54, 1.807) is 12.1 Å². The van der Waals surface area contributed by atoms with Gasteiger partial charge in [0.2, 0.25) is 0 Å². The molecule has 0 bridgehead atoms. The van der Waals surface area contributed by atoms with Crippen LogP contribution in [0.1, 0.15) is 111 Å². The molecular weight excluding hydrogens is 483 g/mol. The first-order valence-corrected chi connectivity index (χ1v) is 13.8. The molecule has 34 heavy (non-hydrogen) atoms. The van der Waals surface area contributed by atoms with Gasteiger partial charge < -0.3 is 14.0 Å². The van der Waals surface area contributed by atoms with E-state index < -0.39 is 27.8 Å². The topological polar surface area (TPSA) is 110 Å². The average Bonchev–Trinajstić information content (AvgIpc) is 2.79. The maximum absolute atomic E-state index is 12.4. The predicted octanol–water partition coefficient (Wildman–Crippen LogP) is 2.64. The van der Waals surface area contributed by atoms with E-state index in [1.165, 1.54) is 69.9 Å². The summed E-state index contributed by atoms with van der Waals surface area (Å²) in [5.74, 6) is -1.95. The van der Waals surface area contributed by atoms with Gasteiger partial charge in [0.25, 0.3) is 0 Å². The number of carbonyl (C=O) groups is 2. The maximum Gasteiger partial charge on any atom is 1.00 e. The Kier molecular flexibility index (Phi) is 20.7. The van der Waals surface area contributed by atoms with E-state index >= 15 is 0 Å². The first-order chi connectivity index (χ1) is 15.8. The van der Waals surface area contributed by atoms with E-state index in [2.05, 4.69) is 6.92 Å². The summed E-state index contributed by atoms with van der Waals surface area (Å²) >= 11 is 0. The summed E-state index contributed by atoms with van der Waals surface area (Å²) in [6.45, 7) is 2.31. The molecule has 0 aliphatic heterocycles. The van der Waals surface area contributed by atoms with Gasteiger partial charge in [-0.25, -0.2) is 18.0 Å². The quantitative estimate of drug-likeness (QED) is 0.119. The molecule has 0 aliphatic rings. The van der Waals surface area contributed by atoms with Crippen molar-refractivity contribution in [2.45, 2.75) is 90.4 Å². The van der Waals surface area contributed by atoms with Crippen LogP contribution in [0, 0.1) is 0 Å². The van der Waals surface area contributed by atoms with Crippen LogP contribution in [0.25, 0.3) is 0 Å². The molecule has 9 heteroatoms. The van der Waals surface area contributed by atoms with Gasteiger partial charge in [0.05, 0.1) is 34.5 Å². The molecule has 0 unspecified atom stereocenters. The molecule has 7 nitrogen and oxygen atoms in total. The second-order valence-corrected chi connectivity index (χ2v) is 9.85. The summed E-state index contributed by atoms with van der Waals surface area (Å²) in [4.78, 5) is 24.6. The van der Waals surface area contributed by atoms with Gasteiger partial charge in [-0.3, -0.25) is 0 Å². The van der Waals surface area contributed by atoms with Crippen LogP contribution in [0.2, 0.25) is 0 Å². The van der Waals surface area contributed by atoms with Crippen molar-refractivity contribution in [3.8, 4) is 0 Å². The normalized spacial score (nSPS) is 11.0. The molecule has 0 radical (unpaired) electrons. The van der Waals surface area contributed by atoms with Gasteiger partial charge in [0, 0.05) is 5.75 Å². The van der Waals surface area contributed by atoms with Crippen LogP contribution in [0.3, 0.4) is 0 Å². The third-order valence-corrected chi connectivity index (χ3v) is 6.16. The monoisotopic (exact) mass is 522 g/mol. The second-order valence-electron chi connectivity index (χ2n) is 8.32. The molecule has 0 aromatic heterocycles. The number of benzene rings is 1. The van der Waals surface area contributed by atoms with E-state index in [4.69, 9.17) is 9.47 Å². The number of ether oxygens (including phenoxy) is 2. The minimum absolute atomic E-state index is 0. The van der Waals surface area contributed by atoms with Gasteiger partial charge in [-0.1, -0.05) is 89.7 Å². The molecule has 0 saturated heterocycles. The zero-order valence-corrected chi connectivity index (χ0v) is 24.8. The van der Waals surface area contributed by atoms with Gasteiger partial charge in [0.1, 0.15) is 0 Å². The maximum atomic E-state index is 12.4. The van der Waals surface area contributed by atoms with Crippen molar-refractivity contribution in [3.63, 3.8) is 0 Å². The van der Waals surface area contributed by atoms with Gasteiger partial charge in [0.15, 0.2) is 0 Å². The van der Waals surface area contributed by atoms with E-state index in [9.17, 15) is 22.6 Å². The fraction of sp³-hybridized carbons (Fsp3) is 0.680. The molecule has 1 aromatic rings. The molecular formula is C25H39KO7S. The molecule has 0 amide bonds. The van der Waals surface area contributed by atoms with Crippen molar-refractivity contribution in [1.82, 2.24) is 0 Å². The fourth-order valence-electron chi connectivity index (χ4n) is 3.50. The van der Waals surface area contributed by atoms with Crippen molar-refractivity contribution in [1.29, 1.82) is 0 Å². The van der Waals surface area contributed by atoms with Crippen molar-refractivity contribution < 1.29 is 83.4 Å². The van der Waals surface area contributed by atoms with E-state index in [0.717, 1.165) is 19.3 Å². The Morgan fingerprint density at radius 1 is 0.706 bits per heavy atom. The molecule has 1 rings (SSSR count). The third-order valence-electron chi connectivity index (χ3n) is 5.37. The molecule has 0 fully saturated rings. The summed E-state index contributed by atoms with van der Waals surface area (Å²) < 4.78 is 42.1. The average molecular weight is 523 g/mol. The fourth-order valence-corrected chi connectivity index (χ4v) is 3.97. The summed E-state index contributed by atoms with van der Waals surface area (Å²) in [5, 5.41) is 0. The Labute approximate surface area is 247 Å². The Bertz CT molecular complexity index is 796. The molecule has 0 heterocycles. The first kappa shape index (κ1) is 33.7. The second kappa shape index (κ2) is 20.9. The zero-order valence-electron chi connectivity index (χ0n) is 20.9. The van der Waals surface area contributed by atoms with Gasteiger partial charge in [-0.15, -0.1) is 0 Å². The van der Waals surface area contributed by atoms with Crippen LogP contribution >= 0.6 is 0 Å². The molecule has 0 spiro atoms. The van der Waals surface area contributed by atoms with E-state index in [-0.39, 0.29) is 75.5 Å². The number of esters is 2. The minimum Gasteiger partial charge on any atom is -0.748 e. The first-order valence-electron chi connectivity index (χ1n) is 12.2. The number of unbranched alkanes of at least 4 members (excludes halogenated alkanes) is 11. The van der Waals surface area contributed by atoms with Crippen LogP contribution in [0.5, 0.6) is 0 Å². The Morgan fingerprint density at radius 3 is 1.50 bits per heavy atom. The molecule has 0 aliphatic carbocycles. The smallest absolute Gasteiger partial charge is 0.748 e. The standard InChI is InChI=1S/C25H40O7S.K/c1-2-3-4-5-6-7-8-9-10-11-12-15-19-31-24(26)22-17-13-14-18-23(22)25(27)32-20-16-21-33(28,29)30;/h13-14,17-18H,2-12,15-16,19-21H2,1H3,(H,28,29,30);/q;+1/p-1. The Balaban J connectivity index is 0.0000109. The van der Waals surface area contributed by atoms with Crippen molar-refractivity contribution in [3.05, 3.63) is 35.4 Å². The third kappa shape index (κ3) is 17.2. The molecule has 188 valence electrons. The van der Waals surface area contributed by atoms with Gasteiger partial charge in [-0.05, 0) is 25.0 Å². The van der Waals surface area contributed by atoms with Crippen LogP contribution in [0.4, 0.5) is 0 Å². The molecule has 0 N–H and O–H groups in total.